The molecule has 1 aromatic rings. The molecule has 2 rings (SSSR count). The van der Waals surface area contributed by atoms with Crippen molar-refractivity contribution in [2.45, 2.75) is 33.6 Å². The van der Waals surface area contributed by atoms with Crippen molar-refractivity contribution >= 4 is 35.2 Å². The number of hydrogen-bond acceptors (Lipinski definition) is 6. The summed E-state index contributed by atoms with van der Waals surface area (Å²) in [5.41, 5.74) is 3.06. The summed E-state index contributed by atoms with van der Waals surface area (Å²) in [7, 11) is 0. The summed E-state index contributed by atoms with van der Waals surface area (Å²) in [6.07, 6.45) is 1.56. The third kappa shape index (κ3) is 4.41. The molecule has 0 saturated heterocycles. The minimum absolute atomic E-state index is 0.0521. The fourth-order valence-corrected chi connectivity index (χ4v) is 2.70. The lowest BCUT2D eigenvalue weighted by atomic mass is 9.91. The second kappa shape index (κ2) is 8.03. The van der Waals surface area contributed by atoms with Crippen LogP contribution in [0.2, 0.25) is 0 Å². The van der Waals surface area contributed by atoms with Gasteiger partial charge < -0.3 is 10.4 Å². The lowest BCUT2D eigenvalue weighted by Gasteiger charge is -2.21. The first kappa shape index (κ1) is 19.5. The van der Waals surface area contributed by atoms with E-state index in [-0.39, 0.29) is 29.8 Å². The number of nitrogens with zero attached hydrogens (tertiary/aromatic N) is 2. The first-order chi connectivity index (χ1) is 12.2. The van der Waals surface area contributed by atoms with Crippen molar-refractivity contribution in [1.29, 1.82) is 5.41 Å². The molecule has 1 aliphatic rings. The largest absolute Gasteiger partial charge is 0.475 e. The van der Waals surface area contributed by atoms with Gasteiger partial charge in [0.25, 0.3) is 0 Å². The zero-order valence-corrected chi connectivity index (χ0v) is 15.5. The second-order valence-corrected chi connectivity index (χ2v) is 6.82. The van der Waals surface area contributed by atoms with Crippen molar-refractivity contribution in [1.82, 2.24) is 0 Å². The van der Waals surface area contributed by atoms with Crippen molar-refractivity contribution in [2.24, 2.45) is 15.9 Å². The van der Waals surface area contributed by atoms with Gasteiger partial charge in [0.05, 0.1) is 6.54 Å². The molecule has 7 nitrogen and oxygen atoms in total. The first-order valence-electron chi connectivity index (χ1n) is 8.50. The minimum Gasteiger partial charge on any atom is -0.475 e. The number of anilines is 1. The van der Waals surface area contributed by atoms with E-state index in [0.717, 1.165) is 23.4 Å². The molecule has 1 aliphatic heterocycles. The number of ketones is 1. The Morgan fingerprint density at radius 3 is 2.58 bits per heavy atom. The summed E-state index contributed by atoms with van der Waals surface area (Å²) >= 11 is 0. The molecule has 3 N–H and O–H groups in total. The average Bonchev–Trinajstić information content (AvgIpc) is 2.59. The van der Waals surface area contributed by atoms with Crippen LogP contribution in [0.1, 0.15) is 43.4 Å². The van der Waals surface area contributed by atoms with E-state index < -0.39 is 5.97 Å². The van der Waals surface area contributed by atoms with Gasteiger partial charge in [-0.15, -0.1) is 0 Å². The number of carbonyl (C=O) groups is 2. The van der Waals surface area contributed by atoms with E-state index in [1.807, 2.05) is 13.0 Å². The number of carbonyl (C=O) groups excluding carboxylic acids is 1. The zero-order chi connectivity index (χ0) is 19.4. The molecule has 26 heavy (non-hydrogen) atoms. The third-order valence-corrected chi connectivity index (χ3v) is 4.10. The number of amidine groups is 1. The maximum Gasteiger partial charge on any atom is 0.373 e. The minimum atomic E-state index is -1.15. The van der Waals surface area contributed by atoms with Crippen molar-refractivity contribution < 1.29 is 14.7 Å². The van der Waals surface area contributed by atoms with Crippen LogP contribution >= 0.6 is 0 Å². The fourth-order valence-electron chi connectivity index (χ4n) is 2.70. The van der Waals surface area contributed by atoms with Gasteiger partial charge in [-0.2, -0.15) is 0 Å². The van der Waals surface area contributed by atoms with Gasteiger partial charge in [-0.05, 0) is 30.0 Å². The van der Waals surface area contributed by atoms with E-state index in [1.165, 1.54) is 6.92 Å². The Morgan fingerprint density at radius 1 is 1.38 bits per heavy atom. The summed E-state index contributed by atoms with van der Waals surface area (Å²) < 4.78 is 0. The second-order valence-electron chi connectivity index (χ2n) is 6.82. The lowest BCUT2D eigenvalue weighted by Crippen LogP contribution is -2.21. The number of aliphatic carboxylic acids is 1. The molecule has 1 atom stereocenters. The monoisotopic (exact) mass is 356 g/mol. The summed E-state index contributed by atoms with van der Waals surface area (Å²) in [4.78, 5) is 30.6. The first-order valence-corrected chi connectivity index (χ1v) is 8.50. The van der Waals surface area contributed by atoms with Crippen LogP contribution in [0.5, 0.6) is 0 Å². The Hall–Kier alpha value is -2.83. The Bertz CT molecular complexity index is 809. The highest BCUT2D eigenvalue weighted by Gasteiger charge is 2.21. The van der Waals surface area contributed by atoms with E-state index in [1.54, 1.807) is 12.3 Å². The number of hydrogen-bond donors (Lipinski definition) is 3. The molecule has 1 unspecified atom stereocenters. The predicted molar refractivity (Wildman–Crippen MR) is 103 cm³/mol. The van der Waals surface area contributed by atoms with Crippen LogP contribution in [0.4, 0.5) is 5.69 Å². The van der Waals surface area contributed by atoms with Crippen molar-refractivity contribution in [3.63, 3.8) is 0 Å². The molecule has 0 aliphatic carbocycles. The van der Waals surface area contributed by atoms with Gasteiger partial charge in [-0.1, -0.05) is 19.9 Å². The van der Waals surface area contributed by atoms with Crippen molar-refractivity contribution in [3.05, 3.63) is 28.8 Å². The molecule has 0 spiro atoms. The van der Waals surface area contributed by atoms with Crippen LogP contribution in [0.15, 0.2) is 22.1 Å². The molecule has 138 valence electrons. The highest BCUT2D eigenvalue weighted by molar-refractivity contribution is 6.45. The van der Waals surface area contributed by atoms with Crippen LogP contribution in [0.25, 0.3) is 0 Å². The smallest absolute Gasteiger partial charge is 0.373 e. The van der Waals surface area contributed by atoms with Gasteiger partial charge in [-0.25, -0.2) is 9.79 Å². The maximum atomic E-state index is 11.8. The van der Waals surface area contributed by atoms with Crippen molar-refractivity contribution in [2.75, 3.05) is 18.4 Å². The van der Waals surface area contributed by atoms with Gasteiger partial charge in [0.1, 0.15) is 5.71 Å². The molecule has 7 heteroatoms. The molecular formula is C19H24N4O3. The van der Waals surface area contributed by atoms with Crippen LogP contribution in [-0.2, 0) is 9.59 Å². The molecule has 0 aromatic heterocycles. The normalized spacial score (nSPS) is 16.3. The number of rotatable bonds is 7. The fraction of sp³-hybridized carbons (Fsp3) is 0.421. The van der Waals surface area contributed by atoms with E-state index in [2.05, 4.69) is 29.1 Å². The van der Waals surface area contributed by atoms with E-state index in [9.17, 15) is 9.59 Å². The van der Waals surface area contributed by atoms with E-state index in [0.29, 0.717) is 11.5 Å². The Labute approximate surface area is 152 Å². The highest BCUT2D eigenvalue weighted by atomic mass is 16.4. The summed E-state index contributed by atoms with van der Waals surface area (Å²) in [6, 6.07) is 3.77. The lowest BCUT2D eigenvalue weighted by molar-refractivity contribution is -0.129. The SMILES string of the molecule is CC(=O)C(=N)c1cc(C2C=NC(C(=O)O)=NC2)cc(C)c1NCC(C)C. The van der Waals surface area contributed by atoms with Crippen LogP contribution < -0.4 is 5.32 Å². The van der Waals surface area contributed by atoms with Gasteiger partial charge in [0.2, 0.25) is 5.84 Å². The number of Topliss-reactive ketones (excluding diaryl/α,β-unsaturated/α-hetero) is 1. The van der Waals surface area contributed by atoms with Crippen LogP contribution in [0.3, 0.4) is 0 Å². The Kier molecular flexibility index (Phi) is 6.02. The van der Waals surface area contributed by atoms with Crippen molar-refractivity contribution in [3.8, 4) is 0 Å². The van der Waals surface area contributed by atoms with E-state index >= 15 is 0 Å². The quantitative estimate of drug-likeness (QED) is 0.651. The summed E-state index contributed by atoms with van der Waals surface area (Å²) in [6.45, 7) is 8.48. The van der Waals surface area contributed by atoms with Gasteiger partial charge in [0.15, 0.2) is 5.78 Å². The Morgan fingerprint density at radius 2 is 2.08 bits per heavy atom. The standard InChI is InChI=1S/C19H24N4O3/c1-10(2)7-21-17-11(3)5-13(6-15(17)16(20)12(4)24)14-8-22-18(19(25)26)23-9-14/h5-6,8,10,14,20-21H,7,9H2,1-4H3,(H,25,26). The van der Waals surface area contributed by atoms with Gasteiger partial charge in [0, 0.05) is 36.9 Å². The number of carboxylic acids is 1. The third-order valence-electron chi connectivity index (χ3n) is 4.10. The number of aryl methyl sites for hydroxylation is 1. The predicted octanol–water partition coefficient (Wildman–Crippen LogP) is 2.67. The molecule has 1 aromatic carbocycles. The number of nitrogens with one attached hydrogen (secondary N) is 2. The molecule has 0 amide bonds. The summed E-state index contributed by atoms with van der Waals surface area (Å²) in [5.74, 6) is -1.43. The Balaban J connectivity index is 2.41. The molecular weight excluding hydrogens is 332 g/mol. The van der Waals surface area contributed by atoms with Gasteiger partial charge in [-0.3, -0.25) is 15.2 Å². The zero-order valence-electron chi connectivity index (χ0n) is 15.5. The van der Waals surface area contributed by atoms with Crippen LogP contribution in [0, 0.1) is 18.3 Å². The highest BCUT2D eigenvalue weighted by Crippen LogP contribution is 2.28. The summed E-state index contributed by atoms with van der Waals surface area (Å²) in [5, 5.41) is 20.5. The number of benzene rings is 1. The number of carboxylic acid groups (broad SMARTS) is 1. The van der Waals surface area contributed by atoms with Crippen LogP contribution in [-0.4, -0.2) is 47.7 Å². The van der Waals surface area contributed by atoms with E-state index in [4.69, 9.17) is 10.5 Å². The van der Waals surface area contributed by atoms with Gasteiger partial charge >= 0.3 is 5.97 Å². The topological polar surface area (TPSA) is 115 Å². The maximum absolute atomic E-state index is 11.8. The molecule has 0 saturated carbocycles. The molecule has 0 fully saturated rings. The molecule has 0 bridgehead atoms. The molecule has 0 radical (unpaired) electrons. The number of aliphatic imine (C=N–C) groups is 2. The average molecular weight is 356 g/mol. The molecule has 1 heterocycles.